The zero-order valence-electron chi connectivity index (χ0n) is 31.9. The van der Waals surface area contributed by atoms with Crippen LogP contribution in [0.4, 0.5) is 0 Å². The van der Waals surface area contributed by atoms with Crippen molar-refractivity contribution < 1.29 is 69.2 Å². The van der Waals surface area contributed by atoms with Crippen LogP contribution in [0.15, 0.2) is 0 Å². The van der Waals surface area contributed by atoms with Gasteiger partial charge in [-0.2, -0.15) is 0 Å². The summed E-state index contributed by atoms with van der Waals surface area (Å²) in [5, 5.41) is 23.2. The number of carbonyl (C=O) groups excluding carboxylic acids is 3. The van der Waals surface area contributed by atoms with Crippen LogP contribution >= 0.6 is 12.2 Å². The maximum Gasteiger partial charge on any atom is 1.00 e. The summed E-state index contributed by atoms with van der Waals surface area (Å²) in [5.41, 5.74) is 16.9. The van der Waals surface area contributed by atoms with Crippen LogP contribution in [0.25, 0.3) is 0 Å². The van der Waals surface area contributed by atoms with Gasteiger partial charge in [0, 0.05) is 11.1 Å². The van der Waals surface area contributed by atoms with Gasteiger partial charge in [0.1, 0.15) is 4.99 Å². The Morgan fingerprint density at radius 2 is 0.942 bits per heavy atom. The number of carbonyl (C=O) groups is 5. The number of fused-ring (bicyclic) bond motifs is 2. The number of aliphatic carboxylic acids is 1. The molecule has 10 nitrogen and oxygen atoms in total. The number of rotatable bonds is 3. The van der Waals surface area contributed by atoms with E-state index in [0.29, 0.717) is 34.5 Å². The summed E-state index contributed by atoms with van der Waals surface area (Å²) in [5.74, 6) is -2.54. The van der Waals surface area contributed by atoms with Crippen LogP contribution < -0.4 is 40.2 Å². The fourth-order valence-corrected chi connectivity index (χ4v) is 7.07. The Kier molecular flexibility index (Phi) is 17.5. The number of amides is 3. The molecule has 2 aliphatic rings. The Morgan fingerprint density at radius 3 is 1.38 bits per heavy atom. The number of carboxylic acid groups (broad SMARTS) is 2. The van der Waals surface area contributed by atoms with Crippen molar-refractivity contribution in [1.29, 1.82) is 0 Å². The number of thiocarbonyl (C=S) groups is 1. The molecule has 0 atom stereocenters. The van der Waals surface area contributed by atoms with E-state index in [0.717, 1.165) is 50.1 Å². The maximum absolute atomic E-state index is 11.8. The average Bonchev–Trinajstić information content (AvgIpc) is 3.01. The zero-order valence-corrected chi connectivity index (χ0v) is 34.7. The second kappa shape index (κ2) is 18.8. The molecule has 5 rings (SSSR count). The van der Waals surface area contributed by atoms with Gasteiger partial charge in [-0.3, -0.25) is 24.5 Å². The summed E-state index contributed by atoms with van der Waals surface area (Å²) in [6.45, 7) is 23.6. The molecular formula is C40H51N2NaO8S. The Morgan fingerprint density at radius 1 is 0.577 bits per heavy atom. The maximum atomic E-state index is 11.8. The first-order chi connectivity index (χ1) is 22.6. The van der Waals surface area contributed by atoms with Crippen molar-refractivity contribution >= 4 is 46.9 Å². The Balaban J connectivity index is 0.000000729. The molecule has 0 saturated heterocycles. The summed E-state index contributed by atoms with van der Waals surface area (Å²) in [7, 11) is 0. The Hall–Kier alpha value is -3.74. The van der Waals surface area contributed by atoms with Gasteiger partial charge in [0.2, 0.25) is 11.8 Å². The van der Waals surface area contributed by atoms with E-state index >= 15 is 0 Å². The first-order valence-corrected chi connectivity index (χ1v) is 16.5. The first kappa shape index (κ1) is 48.3. The number of hydrogen-bond donors (Lipinski definition) is 4. The van der Waals surface area contributed by atoms with E-state index in [4.69, 9.17) is 17.3 Å². The smallest absolute Gasteiger partial charge is 0.870 e. The summed E-state index contributed by atoms with van der Waals surface area (Å²) in [6, 6.07) is 0. The molecule has 3 amide bonds. The van der Waals surface area contributed by atoms with Crippen molar-refractivity contribution in [2.24, 2.45) is 0 Å². The van der Waals surface area contributed by atoms with E-state index in [9.17, 15) is 29.1 Å². The minimum Gasteiger partial charge on any atom is -0.870 e. The molecule has 3 aromatic rings. The average molecular weight is 743 g/mol. The molecule has 0 saturated carbocycles. The molecule has 0 radical (unpaired) electrons. The number of benzene rings is 3. The minimum atomic E-state index is -1.06. The van der Waals surface area contributed by atoms with E-state index in [2.05, 4.69) is 38.3 Å². The van der Waals surface area contributed by atoms with Gasteiger partial charge in [-0.05, 0) is 167 Å². The van der Waals surface area contributed by atoms with Crippen molar-refractivity contribution in [3.8, 4) is 0 Å². The van der Waals surface area contributed by atoms with Crippen molar-refractivity contribution in [3.05, 3.63) is 100 Å². The molecule has 0 unspecified atom stereocenters. The molecule has 5 N–H and O–H groups in total. The molecule has 0 fully saturated rings. The second-order valence-corrected chi connectivity index (χ2v) is 13.5. The van der Waals surface area contributed by atoms with Crippen LogP contribution in [0.5, 0.6) is 0 Å². The fourth-order valence-electron chi connectivity index (χ4n) is 6.68. The van der Waals surface area contributed by atoms with Crippen LogP contribution in [-0.4, -0.2) is 50.3 Å². The zero-order chi connectivity index (χ0) is 37.4. The molecule has 0 spiro atoms. The van der Waals surface area contributed by atoms with Gasteiger partial charge in [0.15, 0.2) is 0 Å². The van der Waals surface area contributed by atoms with E-state index < -0.39 is 11.9 Å². The number of nitrogens with one attached hydrogen (secondary N) is 2. The van der Waals surface area contributed by atoms with Crippen LogP contribution in [-0.2, 0) is 33.6 Å². The Labute approximate surface area is 334 Å². The standard InChI is InChI=1S/C13H15NO2.C13H15NOS.C13H16O4.CH4.Na.H2O/c2*1-6-7(2)9(4)12-10(8(6)3)5-11(15)14-13(12)16;1-6-7(2)9(4)12(13(16)17)10(8(6)3)5-11(14)15;;;/h2*5H2,1-4H3,(H,14,15,16);5H2,1-4H3,(H,14,15)(H,16,17);1H4;;1H2/q;;;;+1;/p-1. The van der Waals surface area contributed by atoms with E-state index in [-0.39, 0.29) is 72.2 Å². The van der Waals surface area contributed by atoms with E-state index in [1.165, 1.54) is 27.8 Å². The molecule has 276 valence electrons. The molecule has 0 aromatic heterocycles. The third-order valence-corrected chi connectivity index (χ3v) is 10.9. The predicted molar refractivity (Wildman–Crippen MR) is 203 cm³/mol. The van der Waals surface area contributed by atoms with Gasteiger partial charge in [0.25, 0.3) is 5.91 Å². The van der Waals surface area contributed by atoms with E-state index in [1.807, 2.05) is 41.5 Å². The Bertz CT molecular complexity index is 1900. The first-order valence-electron chi connectivity index (χ1n) is 16.0. The van der Waals surface area contributed by atoms with Gasteiger partial charge >= 0.3 is 41.5 Å². The number of hydrogen-bond acceptors (Lipinski definition) is 7. The summed E-state index contributed by atoms with van der Waals surface area (Å²) in [6.07, 6.45) is 0.507. The number of aromatic carboxylic acids is 1. The van der Waals surface area contributed by atoms with Crippen LogP contribution in [0.3, 0.4) is 0 Å². The number of imide groups is 1. The molecule has 0 bridgehead atoms. The molecule has 2 heterocycles. The monoisotopic (exact) mass is 742 g/mol. The molecule has 0 aliphatic carbocycles. The van der Waals surface area contributed by atoms with Gasteiger partial charge in [-0.1, -0.05) is 19.6 Å². The quantitative estimate of drug-likeness (QED) is 0.177. The third-order valence-electron chi connectivity index (χ3n) is 10.6. The summed E-state index contributed by atoms with van der Waals surface area (Å²) < 4.78 is 0. The van der Waals surface area contributed by atoms with Gasteiger partial charge in [-0.25, -0.2) is 4.79 Å². The minimum absolute atomic E-state index is 0. The largest absolute Gasteiger partial charge is 1.00 e. The molecule has 52 heavy (non-hydrogen) atoms. The van der Waals surface area contributed by atoms with Crippen molar-refractivity contribution in [2.75, 3.05) is 0 Å². The van der Waals surface area contributed by atoms with Crippen LogP contribution in [0, 0.1) is 83.1 Å². The molecule has 3 aromatic carbocycles. The summed E-state index contributed by atoms with van der Waals surface area (Å²) in [4.78, 5) is 57.3. The van der Waals surface area contributed by atoms with E-state index in [1.54, 1.807) is 13.8 Å². The number of carboxylic acids is 2. The normalized spacial score (nSPS) is 12.5. The SMILES string of the molecule is C.Cc1c(C)c(C)c(C(=O)O)c(CC(=O)O)c1C.Cc1c(C)c(C)c2c(c1C)CC(=O)NC2=O.Cc1c(C)c(C)c2c(c1C)CC(=O)NC2=S.[Na+].[OH-]. The van der Waals surface area contributed by atoms with Gasteiger partial charge < -0.3 is 21.0 Å². The molecule has 12 heteroatoms. The summed E-state index contributed by atoms with van der Waals surface area (Å²) >= 11 is 5.26. The fraction of sp³-hybridized carbons (Fsp3) is 0.400. The van der Waals surface area contributed by atoms with Crippen LogP contribution in [0.1, 0.15) is 117 Å². The second-order valence-electron chi connectivity index (χ2n) is 13.0. The van der Waals surface area contributed by atoms with Crippen molar-refractivity contribution in [3.63, 3.8) is 0 Å². The topological polar surface area (TPSA) is 180 Å². The molecular weight excluding hydrogens is 692 g/mol. The van der Waals surface area contributed by atoms with Crippen molar-refractivity contribution in [2.45, 2.75) is 110 Å². The van der Waals surface area contributed by atoms with Crippen molar-refractivity contribution in [1.82, 2.24) is 10.6 Å². The molecule has 2 aliphatic heterocycles. The third kappa shape index (κ3) is 9.43. The van der Waals surface area contributed by atoms with Crippen LogP contribution in [0.2, 0.25) is 0 Å². The van der Waals surface area contributed by atoms with Gasteiger partial charge in [0.05, 0.1) is 24.8 Å². The van der Waals surface area contributed by atoms with Gasteiger partial charge in [-0.15, -0.1) is 0 Å². The predicted octanol–water partition coefficient (Wildman–Crippen LogP) is 3.71.